The monoisotopic (exact) mass is 441 g/mol. The van der Waals surface area contributed by atoms with Crippen LogP contribution in [0.15, 0.2) is 41.3 Å². The van der Waals surface area contributed by atoms with E-state index < -0.39 is 0 Å². The number of nitrogens with one attached hydrogen (secondary N) is 1. The fourth-order valence-electron chi connectivity index (χ4n) is 3.19. The maximum atomic E-state index is 11.9. The predicted molar refractivity (Wildman–Crippen MR) is 124 cm³/mol. The lowest BCUT2D eigenvalue weighted by atomic mass is 10.0. The number of rotatable bonds is 8. The molecule has 3 rings (SSSR count). The lowest BCUT2D eigenvalue weighted by Crippen LogP contribution is -2.17. The van der Waals surface area contributed by atoms with Gasteiger partial charge in [0.1, 0.15) is 22.4 Å². The Labute approximate surface area is 185 Å². The van der Waals surface area contributed by atoms with Crippen LogP contribution in [0.1, 0.15) is 47.3 Å². The molecule has 1 saturated heterocycles. The number of Topliss-reactive ketones (excluding diaryl/α,β-unsaturated/α-hetero) is 1. The topological polar surface area (TPSA) is 64.6 Å². The van der Waals surface area contributed by atoms with E-state index in [4.69, 9.17) is 21.7 Å². The molecule has 1 N–H and O–H groups in total. The molecule has 1 amide bonds. The maximum absolute atomic E-state index is 11.9. The summed E-state index contributed by atoms with van der Waals surface area (Å²) >= 11 is 6.27. The highest BCUT2D eigenvalue weighted by molar-refractivity contribution is 8.26. The van der Waals surface area contributed by atoms with Crippen molar-refractivity contribution in [3.05, 3.63) is 63.6 Å². The van der Waals surface area contributed by atoms with Gasteiger partial charge in [0.15, 0.2) is 5.78 Å². The third kappa shape index (κ3) is 5.09. The molecule has 7 heteroatoms. The van der Waals surface area contributed by atoms with Crippen molar-refractivity contribution in [3.8, 4) is 11.5 Å². The first-order chi connectivity index (χ1) is 14.4. The van der Waals surface area contributed by atoms with Crippen molar-refractivity contribution >= 4 is 46.1 Å². The van der Waals surface area contributed by atoms with Crippen molar-refractivity contribution in [1.82, 2.24) is 5.32 Å². The summed E-state index contributed by atoms with van der Waals surface area (Å²) in [6.45, 7) is 3.99. The zero-order chi connectivity index (χ0) is 21.7. The van der Waals surface area contributed by atoms with E-state index in [9.17, 15) is 9.59 Å². The standard InChI is InChI=1S/C23H23NO4S2/c1-4-5-18-19(11-10-17(14(2)25)21(18)27-3)28-13-16-8-6-15(7-9-16)12-20-22(26)24-23(29)30-20/h6-12H,4-5,13H2,1-3H3,(H,24,26,29)/b20-12-. The number of ketones is 1. The molecule has 0 atom stereocenters. The van der Waals surface area contributed by atoms with E-state index in [-0.39, 0.29) is 11.7 Å². The predicted octanol–water partition coefficient (Wildman–Crippen LogP) is 4.92. The molecule has 2 aromatic carbocycles. The average molecular weight is 442 g/mol. The Morgan fingerprint density at radius 2 is 1.93 bits per heavy atom. The van der Waals surface area contributed by atoms with Gasteiger partial charge in [-0.05, 0) is 42.7 Å². The highest BCUT2D eigenvalue weighted by atomic mass is 32.2. The SMILES string of the molecule is CCCc1c(OCc2ccc(/C=C3\SC(=S)NC3=O)cc2)ccc(C(C)=O)c1OC. The molecule has 30 heavy (non-hydrogen) atoms. The Morgan fingerprint density at radius 3 is 2.50 bits per heavy atom. The molecule has 0 unspecified atom stereocenters. The zero-order valence-electron chi connectivity index (χ0n) is 17.1. The van der Waals surface area contributed by atoms with Crippen LogP contribution in [0.5, 0.6) is 11.5 Å². The number of methoxy groups -OCH3 is 1. The lowest BCUT2D eigenvalue weighted by Gasteiger charge is -2.17. The molecular weight excluding hydrogens is 418 g/mol. The third-order valence-corrected chi connectivity index (χ3v) is 5.78. The molecule has 156 valence electrons. The van der Waals surface area contributed by atoms with Gasteiger partial charge in [-0.1, -0.05) is 61.6 Å². The molecule has 0 bridgehead atoms. The first-order valence-corrected chi connectivity index (χ1v) is 10.8. The summed E-state index contributed by atoms with van der Waals surface area (Å²) in [5.74, 6) is 1.12. The number of amides is 1. The van der Waals surface area contributed by atoms with Crippen LogP contribution in [0, 0.1) is 0 Å². The van der Waals surface area contributed by atoms with E-state index in [1.165, 1.54) is 18.7 Å². The number of thiocarbonyl (C=S) groups is 1. The number of ether oxygens (including phenoxy) is 2. The summed E-state index contributed by atoms with van der Waals surface area (Å²) in [6.07, 6.45) is 3.48. The van der Waals surface area contributed by atoms with Crippen LogP contribution < -0.4 is 14.8 Å². The minimum atomic E-state index is -0.163. The lowest BCUT2D eigenvalue weighted by molar-refractivity contribution is -0.115. The molecule has 0 aromatic heterocycles. The highest BCUT2D eigenvalue weighted by Gasteiger charge is 2.22. The molecule has 0 aliphatic carbocycles. The van der Waals surface area contributed by atoms with E-state index in [2.05, 4.69) is 12.2 Å². The summed E-state index contributed by atoms with van der Waals surface area (Å²) < 4.78 is 12.1. The fourth-order valence-corrected chi connectivity index (χ4v) is 4.23. The summed E-state index contributed by atoms with van der Waals surface area (Å²) in [7, 11) is 1.58. The van der Waals surface area contributed by atoms with Gasteiger partial charge in [0, 0.05) is 5.56 Å². The molecule has 0 radical (unpaired) electrons. The molecule has 1 fully saturated rings. The van der Waals surface area contributed by atoms with Gasteiger partial charge in [-0.2, -0.15) is 0 Å². The molecule has 1 aliphatic rings. The van der Waals surface area contributed by atoms with Crippen LogP contribution in [0.4, 0.5) is 0 Å². The molecule has 2 aromatic rings. The molecule has 0 saturated carbocycles. The Bertz CT molecular complexity index is 1010. The molecule has 1 aliphatic heterocycles. The third-order valence-electron chi connectivity index (χ3n) is 4.61. The summed E-state index contributed by atoms with van der Waals surface area (Å²) in [6, 6.07) is 11.4. The first kappa shape index (κ1) is 22.1. The van der Waals surface area contributed by atoms with Crippen LogP contribution in [0.25, 0.3) is 6.08 Å². The van der Waals surface area contributed by atoms with E-state index in [0.717, 1.165) is 35.3 Å². The van der Waals surface area contributed by atoms with Crippen molar-refractivity contribution in [3.63, 3.8) is 0 Å². The van der Waals surface area contributed by atoms with Gasteiger partial charge in [0.25, 0.3) is 5.91 Å². The van der Waals surface area contributed by atoms with E-state index in [1.54, 1.807) is 13.2 Å². The van der Waals surface area contributed by atoms with Crippen LogP contribution in [0.3, 0.4) is 0 Å². The number of thioether (sulfide) groups is 1. The number of hydrogen-bond donors (Lipinski definition) is 1. The van der Waals surface area contributed by atoms with Crippen molar-refractivity contribution in [2.24, 2.45) is 0 Å². The molecule has 5 nitrogen and oxygen atoms in total. The van der Waals surface area contributed by atoms with Crippen molar-refractivity contribution in [2.45, 2.75) is 33.3 Å². The zero-order valence-corrected chi connectivity index (χ0v) is 18.7. The Kier molecular flexibility index (Phi) is 7.29. The normalized spacial score (nSPS) is 14.7. The average Bonchev–Trinajstić information content (AvgIpc) is 3.04. The van der Waals surface area contributed by atoms with E-state index in [0.29, 0.717) is 27.1 Å². The van der Waals surface area contributed by atoms with Crippen molar-refractivity contribution < 1.29 is 19.1 Å². The quantitative estimate of drug-likeness (QED) is 0.356. The summed E-state index contributed by atoms with van der Waals surface area (Å²) in [5, 5.41) is 2.61. The maximum Gasteiger partial charge on any atom is 0.263 e. The van der Waals surface area contributed by atoms with Gasteiger partial charge < -0.3 is 14.8 Å². The second kappa shape index (κ2) is 9.91. The smallest absolute Gasteiger partial charge is 0.263 e. The second-order valence-electron chi connectivity index (χ2n) is 6.81. The molecule has 0 spiro atoms. The van der Waals surface area contributed by atoms with E-state index >= 15 is 0 Å². The number of hydrogen-bond acceptors (Lipinski definition) is 6. The van der Waals surface area contributed by atoms with Crippen molar-refractivity contribution in [2.75, 3.05) is 7.11 Å². The van der Waals surface area contributed by atoms with Gasteiger partial charge in [-0.15, -0.1) is 0 Å². The van der Waals surface area contributed by atoms with Gasteiger partial charge in [0.05, 0.1) is 17.6 Å². The fraction of sp³-hybridized carbons (Fsp3) is 0.261. The summed E-state index contributed by atoms with van der Waals surface area (Å²) in [5.41, 5.74) is 3.39. The molecular formula is C23H23NO4S2. The van der Waals surface area contributed by atoms with Gasteiger partial charge >= 0.3 is 0 Å². The number of carbonyl (C=O) groups excluding carboxylic acids is 2. The second-order valence-corrected chi connectivity index (χ2v) is 8.53. The van der Waals surface area contributed by atoms with Crippen LogP contribution >= 0.6 is 24.0 Å². The van der Waals surface area contributed by atoms with Crippen LogP contribution in [-0.4, -0.2) is 23.1 Å². The van der Waals surface area contributed by atoms with Gasteiger partial charge in [-0.3, -0.25) is 9.59 Å². The van der Waals surface area contributed by atoms with Gasteiger partial charge in [-0.25, -0.2) is 0 Å². The number of benzene rings is 2. The summed E-state index contributed by atoms with van der Waals surface area (Å²) in [4.78, 5) is 24.3. The Hall–Kier alpha value is -2.64. The van der Waals surface area contributed by atoms with Gasteiger partial charge in [0.2, 0.25) is 0 Å². The Morgan fingerprint density at radius 1 is 1.20 bits per heavy atom. The minimum absolute atomic E-state index is 0.0321. The van der Waals surface area contributed by atoms with Crippen molar-refractivity contribution in [1.29, 1.82) is 0 Å². The molecule has 1 heterocycles. The number of carbonyl (C=O) groups is 2. The minimum Gasteiger partial charge on any atom is -0.496 e. The highest BCUT2D eigenvalue weighted by Crippen LogP contribution is 2.34. The van der Waals surface area contributed by atoms with Crippen LogP contribution in [0.2, 0.25) is 0 Å². The Balaban J connectivity index is 1.75. The first-order valence-electron chi connectivity index (χ1n) is 9.60. The van der Waals surface area contributed by atoms with E-state index in [1.807, 2.05) is 36.4 Å². The van der Waals surface area contributed by atoms with Crippen LogP contribution in [-0.2, 0) is 17.8 Å². The largest absolute Gasteiger partial charge is 0.496 e.